The van der Waals surface area contributed by atoms with Gasteiger partial charge in [0, 0.05) is 22.3 Å². The third kappa shape index (κ3) is 7.62. The van der Waals surface area contributed by atoms with E-state index in [9.17, 15) is 14.0 Å². The van der Waals surface area contributed by atoms with Crippen molar-refractivity contribution < 1.29 is 23.5 Å². The first-order valence-electron chi connectivity index (χ1n) is 11.1. The molecule has 1 fully saturated rings. The number of aliphatic imine (C=N–C) groups is 1. The van der Waals surface area contributed by atoms with E-state index < -0.39 is 17.8 Å². The molecule has 1 aliphatic rings. The maximum absolute atomic E-state index is 13.8. The number of ether oxygens (including phenoxy) is 2. The minimum Gasteiger partial charge on any atom is -0.497 e. The molecule has 2 aromatic carbocycles. The lowest BCUT2D eigenvalue weighted by atomic mass is 9.92. The summed E-state index contributed by atoms with van der Waals surface area (Å²) in [6, 6.07) is 10.6. The number of halogens is 2. The van der Waals surface area contributed by atoms with Crippen molar-refractivity contribution in [2.45, 2.75) is 44.7 Å². The second kappa shape index (κ2) is 12.2. The van der Waals surface area contributed by atoms with Gasteiger partial charge in [-0.3, -0.25) is 10.1 Å². The zero-order valence-corrected chi connectivity index (χ0v) is 19.8. The Bertz CT molecular complexity index is 1020. The average Bonchev–Trinajstić information content (AvgIpc) is 2.80. The molecule has 0 unspecified atom stereocenters. The van der Waals surface area contributed by atoms with Gasteiger partial charge in [0.2, 0.25) is 5.96 Å². The summed E-state index contributed by atoms with van der Waals surface area (Å²) in [5.74, 6) is -0.191. The van der Waals surface area contributed by atoms with Crippen molar-refractivity contribution in [1.29, 1.82) is 0 Å². The molecule has 0 spiro atoms. The number of anilines is 1. The van der Waals surface area contributed by atoms with Gasteiger partial charge in [0.25, 0.3) is 5.91 Å². The molecule has 34 heavy (non-hydrogen) atoms. The Morgan fingerprint density at radius 1 is 1.15 bits per heavy atom. The van der Waals surface area contributed by atoms with Gasteiger partial charge in [-0.2, -0.15) is 0 Å². The Labute approximate surface area is 202 Å². The van der Waals surface area contributed by atoms with Crippen LogP contribution in [0.1, 0.15) is 43.0 Å². The first-order chi connectivity index (χ1) is 16.4. The number of carbonyl (C=O) groups is 2. The van der Waals surface area contributed by atoms with Gasteiger partial charge in [-0.05, 0) is 69.0 Å². The lowest BCUT2D eigenvalue weighted by molar-refractivity contribution is 0.0976. The van der Waals surface area contributed by atoms with E-state index in [-0.39, 0.29) is 23.1 Å². The van der Waals surface area contributed by atoms with E-state index in [2.05, 4.69) is 20.9 Å². The fourth-order valence-corrected chi connectivity index (χ4v) is 3.90. The molecule has 0 radical (unpaired) electrons. The summed E-state index contributed by atoms with van der Waals surface area (Å²) >= 11 is 5.97. The van der Waals surface area contributed by atoms with Crippen LogP contribution in [0.15, 0.2) is 47.5 Å². The van der Waals surface area contributed by atoms with Crippen LogP contribution in [-0.2, 0) is 4.74 Å². The summed E-state index contributed by atoms with van der Waals surface area (Å²) in [4.78, 5) is 29.2. The number of rotatable bonds is 6. The largest absolute Gasteiger partial charge is 0.497 e. The highest BCUT2D eigenvalue weighted by Gasteiger charge is 2.23. The Hall–Kier alpha value is -3.33. The summed E-state index contributed by atoms with van der Waals surface area (Å²) < 4.78 is 24.0. The molecule has 0 atom stereocenters. The number of nitrogens with zero attached hydrogens (tertiary/aromatic N) is 1. The first kappa shape index (κ1) is 25.3. The number of nitrogens with one attached hydrogen (secondary N) is 3. The highest BCUT2D eigenvalue weighted by atomic mass is 35.5. The maximum Gasteiger partial charge on any atom is 0.407 e. The Kier molecular flexibility index (Phi) is 9.09. The van der Waals surface area contributed by atoms with Gasteiger partial charge in [0.1, 0.15) is 11.6 Å². The normalized spacial score (nSPS) is 18.1. The third-order valence-corrected chi connectivity index (χ3v) is 5.51. The number of amides is 2. The highest BCUT2D eigenvalue weighted by molar-refractivity contribution is 6.31. The molecule has 3 N–H and O–H groups in total. The van der Waals surface area contributed by atoms with Crippen LogP contribution in [0.3, 0.4) is 0 Å². The van der Waals surface area contributed by atoms with Crippen LogP contribution in [0, 0.1) is 5.82 Å². The van der Waals surface area contributed by atoms with Gasteiger partial charge in [-0.15, -0.1) is 0 Å². The first-order valence-corrected chi connectivity index (χ1v) is 11.4. The van der Waals surface area contributed by atoms with E-state index in [1.165, 1.54) is 25.3 Å². The molecule has 0 bridgehead atoms. The molecule has 0 saturated heterocycles. The van der Waals surface area contributed by atoms with Crippen molar-refractivity contribution in [2.24, 2.45) is 4.99 Å². The van der Waals surface area contributed by atoms with Crippen molar-refractivity contribution in [2.75, 3.05) is 19.0 Å². The monoisotopic (exact) mass is 490 g/mol. The number of hydrogen-bond donors (Lipinski definition) is 3. The van der Waals surface area contributed by atoms with Crippen molar-refractivity contribution in [3.8, 4) is 5.75 Å². The van der Waals surface area contributed by atoms with Crippen LogP contribution in [0.2, 0.25) is 5.02 Å². The van der Waals surface area contributed by atoms with Crippen LogP contribution in [0.5, 0.6) is 5.75 Å². The zero-order chi connectivity index (χ0) is 24.5. The van der Waals surface area contributed by atoms with E-state index in [1.54, 1.807) is 31.2 Å². The number of hydrogen-bond acceptors (Lipinski definition) is 5. The molecule has 3 rings (SSSR count). The standard InChI is InChI=1S/C24H28ClFN4O4/c1-3-34-24(32)29-19-9-7-18(8-10-19)27-23(28-20-13-16(25)12-17(26)14-20)30-22(31)15-5-4-6-21(11-15)33-2/h4-6,11-14,18-19H,3,7-10H2,1-2H3,(H,29,32)(H2,27,28,30,31). The Morgan fingerprint density at radius 2 is 1.91 bits per heavy atom. The second-order valence-corrected chi connectivity index (χ2v) is 8.25. The van der Waals surface area contributed by atoms with Crippen molar-refractivity contribution in [3.05, 3.63) is 58.9 Å². The molecule has 182 valence electrons. The highest BCUT2D eigenvalue weighted by Crippen LogP contribution is 2.23. The van der Waals surface area contributed by atoms with Crippen LogP contribution >= 0.6 is 11.6 Å². The molecule has 2 amide bonds. The van der Waals surface area contributed by atoms with Crippen LogP contribution in [0.25, 0.3) is 0 Å². The Morgan fingerprint density at radius 3 is 2.59 bits per heavy atom. The van der Waals surface area contributed by atoms with Crippen molar-refractivity contribution in [1.82, 2.24) is 10.6 Å². The topological polar surface area (TPSA) is 101 Å². The quantitative estimate of drug-likeness (QED) is 0.401. The van der Waals surface area contributed by atoms with Gasteiger partial charge in [-0.25, -0.2) is 14.2 Å². The number of methoxy groups -OCH3 is 1. The lowest BCUT2D eigenvalue weighted by Gasteiger charge is -2.27. The minimum atomic E-state index is -0.515. The lowest BCUT2D eigenvalue weighted by Crippen LogP contribution is -2.40. The summed E-state index contributed by atoms with van der Waals surface area (Å²) in [5.41, 5.74) is 0.737. The van der Waals surface area contributed by atoms with E-state index >= 15 is 0 Å². The smallest absolute Gasteiger partial charge is 0.407 e. The number of alkyl carbamates (subject to hydrolysis) is 1. The van der Waals surface area contributed by atoms with E-state index in [1.807, 2.05) is 0 Å². The molecule has 2 aromatic rings. The molecule has 8 nitrogen and oxygen atoms in total. The molecule has 1 aliphatic carbocycles. The van der Waals surface area contributed by atoms with Gasteiger partial charge in [0.05, 0.1) is 19.8 Å². The fraction of sp³-hybridized carbons (Fsp3) is 0.375. The summed E-state index contributed by atoms with van der Waals surface area (Å²) in [6.07, 6.45) is 2.40. The van der Waals surface area contributed by atoms with Crippen LogP contribution in [-0.4, -0.2) is 43.8 Å². The number of benzene rings is 2. The summed E-state index contributed by atoms with van der Waals surface area (Å²) in [5, 5.41) is 8.80. The second-order valence-electron chi connectivity index (χ2n) is 7.82. The SMILES string of the molecule is CCOC(=O)NC1CCC(N=C(NC(=O)c2cccc(OC)c2)Nc2cc(F)cc(Cl)c2)CC1. The van der Waals surface area contributed by atoms with E-state index in [0.717, 1.165) is 12.8 Å². The molecule has 0 aromatic heterocycles. The van der Waals surface area contributed by atoms with Gasteiger partial charge in [-0.1, -0.05) is 17.7 Å². The van der Waals surface area contributed by atoms with E-state index in [4.69, 9.17) is 21.1 Å². The van der Waals surface area contributed by atoms with Crippen LogP contribution in [0.4, 0.5) is 14.9 Å². The van der Waals surface area contributed by atoms with Gasteiger partial charge < -0.3 is 20.1 Å². The molecule has 0 aliphatic heterocycles. The molecule has 0 heterocycles. The summed E-state index contributed by atoms with van der Waals surface area (Å²) in [7, 11) is 1.52. The van der Waals surface area contributed by atoms with Gasteiger partial charge >= 0.3 is 6.09 Å². The molecule has 10 heteroatoms. The summed E-state index contributed by atoms with van der Waals surface area (Å²) in [6.45, 7) is 2.07. The zero-order valence-electron chi connectivity index (χ0n) is 19.1. The molecule has 1 saturated carbocycles. The van der Waals surface area contributed by atoms with Crippen LogP contribution < -0.4 is 20.7 Å². The molecular formula is C24H28ClFN4O4. The van der Waals surface area contributed by atoms with Crippen molar-refractivity contribution in [3.63, 3.8) is 0 Å². The fourth-order valence-electron chi connectivity index (χ4n) is 3.67. The average molecular weight is 491 g/mol. The maximum atomic E-state index is 13.8. The third-order valence-electron chi connectivity index (χ3n) is 5.29. The number of guanidine groups is 1. The Balaban J connectivity index is 1.74. The minimum absolute atomic E-state index is 0.00955. The van der Waals surface area contributed by atoms with Gasteiger partial charge in [0.15, 0.2) is 0 Å². The van der Waals surface area contributed by atoms with E-state index in [0.29, 0.717) is 36.4 Å². The predicted octanol–water partition coefficient (Wildman–Crippen LogP) is 4.74. The molecular weight excluding hydrogens is 463 g/mol. The predicted molar refractivity (Wildman–Crippen MR) is 129 cm³/mol. The van der Waals surface area contributed by atoms with Crippen molar-refractivity contribution >= 4 is 35.2 Å². The number of carbonyl (C=O) groups excluding carboxylic acids is 2.